The van der Waals surface area contributed by atoms with Crippen LogP contribution >= 0.6 is 0 Å². The molecule has 0 saturated heterocycles. The Labute approximate surface area is 118 Å². The molecule has 0 amide bonds. The Morgan fingerprint density at radius 2 is 1.55 bits per heavy atom. The molecule has 2 N–H and O–H groups in total. The van der Waals surface area contributed by atoms with Gasteiger partial charge in [0.1, 0.15) is 23.4 Å². The molecule has 0 heterocycles. The third kappa shape index (κ3) is 3.65. The van der Waals surface area contributed by atoms with Gasteiger partial charge in [-0.15, -0.1) is 0 Å². The molecule has 0 aliphatic rings. The second-order valence-corrected chi connectivity index (χ2v) is 4.39. The zero-order valence-electron chi connectivity index (χ0n) is 11.3. The molecule has 0 aliphatic carbocycles. The third-order valence-electron chi connectivity index (χ3n) is 2.99. The van der Waals surface area contributed by atoms with E-state index in [2.05, 4.69) is 0 Å². The highest BCUT2D eigenvalue weighted by atomic mass is 16.5. The molecule has 0 aromatic heterocycles. The van der Waals surface area contributed by atoms with Gasteiger partial charge < -0.3 is 19.7 Å². The van der Waals surface area contributed by atoms with Crippen LogP contribution in [-0.4, -0.2) is 23.9 Å². The van der Waals surface area contributed by atoms with Crippen LogP contribution in [0.4, 0.5) is 0 Å². The van der Waals surface area contributed by atoms with Crippen LogP contribution in [0.5, 0.6) is 17.2 Å². The highest BCUT2D eigenvalue weighted by molar-refractivity contribution is 5.32. The molecule has 0 spiro atoms. The molecular formula is C16H18O4. The fourth-order valence-electron chi connectivity index (χ4n) is 1.92. The molecule has 20 heavy (non-hydrogen) atoms. The van der Waals surface area contributed by atoms with Crippen LogP contribution in [-0.2, 0) is 0 Å². The van der Waals surface area contributed by atoms with Crippen LogP contribution in [0.3, 0.4) is 0 Å². The van der Waals surface area contributed by atoms with Crippen LogP contribution in [0.2, 0.25) is 0 Å². The summed E-state index contributed by atoms with van der Waals surface area (Å²) in [5.74, 6) is 1.62. The first-order chi connectivity index (χ1) is 9.72. The maximum atomic E-state index is 9.26. The predicted molar refractivity (Wildman–Crippen MR) is 76.2 cm³/mol. The second kappa shape index (κ2) is 6.82. The van der Waals surface area contributed by atoms with E-state index in [4.69, 9.17) is 9.47 Å². The van der Waals surface area contributed by atoms with Crippen molar-refractivity contribution in [1.29, 1.82) is 0 Å². The van der Waals surface area contributed by atoms with E-state index in [1.165, 1.54) is 0 Å². The number of aromatic hydroxyl groups is 1. The summed E-state index contributed by atoms with van der Waals surface area (Å²) in [4.78, 5) is 0. The van der Waals surface area contributed by atoms with E-state index in [0.29, 0.717) is 12.2 Å². The summed E-state index contributed by atoms with van der Waals surface area (Å²) in [6.07, 6.45) is 0.253. The number of aliphatic hydroxyl groups is 1. The first-order valence-corrected chi connectivity index (χ1v) is 6.43. The van der Waals surface area contributed by atoms with E-state index in [1.54, 1.807) is 31.4 Å². The molecule has 0 bridgehead atoms. The summed E-state index contributed by atoms with van der Waals surface area (Å²) in [5, 5.41) is 18.4. The summed E-state index contributed by atoms with van der Waals surface area (Å²) in [6.45, 7) is 0.0365. The lowest BCUT2D eigenvalue weighted by molar-refractivity contribution is 0.155. The van der Waals surface area contributed by atoms with Crippen LogP contribution in [0.15, 0.2) is 48.5 Å². The van der Waals surface area contributed by atoms with Gasteiger partial charge >= 0.3 is 0 Å². The van der Waals surface area contributed by atoms with E-state index in [1.807, 2.05) is 24.3 Å². The number of phenols is 1. The molecule has 1 unspecified atom stereocenters. The number of ether oxygens (including phenoxy) is 2. The Bertz CT molecular complexity index is 519. The molecule has 1 atom stereocenters. The van der Waals surface area contributed by atoms with Crippen molar-refractivity contribution in [2.24, 2.45) is 0 Å². The van der Waals surface area contributed by atoms with Gasteiger partial charge in [0.2, 0.25) is 0 Å². The van der Waals surface area contributed by atoms with Crippen molar-refractivity contribution >= 4 is 0 Å². The van der Waals surface area contributed by atoms with Gasteiger partial charge in [-0.05, 0) is 42.0 Å². The van der Waals surface area contributed by atoms with E-state index in [9.17, 15) is 10.2 Å². The molecule has 0 saturated carbocycles. The minimum atomic E-state index is -0.240. The van der Waals surface area contributed by atoms with Crippen molar-refractivity contribution in [2.75, 3.05) is 13.7 Å². The average molecular weight is 274 g/mol. The van der Waals surface area contributed by atoms with E-state index in [0.717, 1.165) is 11.3 Å². The SMILES string of the molecule is COc1ccc(C(CCO)Oc2ccc(O)cc2)cc1. The molecule has 4 nitrogen and oxygen atoms in total. The first-order valence-electron chi connectivity index (χ1n) is 6.43. The number of phenolic OH excluding ortho intramolecular Hbond substituents is 1. The summed E-state index contributed by atoms with van der Waals surface area (Å²) >= 11 is 0. The van der Waals surface area contributed by atoms with Crippen molar-refractivity contribution in [1.82, 2.24) is 0 Å². The molecule has 2 aromatic rings. The Morgan fingerprint density at radius 3 is 2.10 bits per heavy atom. The molecule has 2 aromatic carbocycles. The van der Waals surface area contributed by atoms with Crippen molar-refractivity contribution in [2.45, 2.75) is 12.5 Å². The normalized spacial score (nSPS) is 11.9. The molecule has 106 valence electrons. The van der Waals surface area contributed by atoms with E-state index >= 15 is 0 Å². The van der Waals surface area contributed by atoms with Gasteiger partial charge in [-0.3, -0.25) is 0 Å². The molecule has 0 radical (unpaired) electrons. The number of rotatable bonds is 6. The summed E-state index contributed by atoms with van der Waals surface area (Å²) in [6, 6.07) is 14.1. The Hall–Kier alpha value is -2.20. The third-order valence-corrected chi connectivity index (χ3v) is 2.99. The molecular weight excluding hydrogens is 256 g/mol. The van der Waals surface area contributed by atoms with Crippen LogP contribution < -0.4 is 9.47 Å². The van der Waals surface area contributed by atoms with Crippen LogP contribution in [0.1, 0.15) is 18.1 Å². The Kier molecular flexibility index (Phi) is 4.85. The second-order valence-electron chi connectivity index (χ2n) is 4.39. The van der Waals surface area contributed by atoms with Crippen LogP contribution in [0, 0.1) is 0 Å². The minimum Gasteiger partial charge on any atom is -0.508 e. The van der Waals surface area contributed by atoms with Crippen molar-refractivity contribution in [3.63, 3.8) is 0 Å². The smallest absolute Gasteiger partial charge is 0.126 e. The Balaban J connectivity index is 2.14. The van der Waals surface area contributed by atoms with Gasteiger partial charge in [0.15, 0.2) is 0 Å². The average Bonchev–Trinajstić information content (AvgIpc) is 2.49. The van der Waals surface area contributed by atoms with Crippen molar-refractivity contribution in [3.8, 4) is 17.2 Å². The maximum absolute atomic E-state index is 9.26. The zero-order chi connectivity index (χ0) is 14.4. The van der Waals surface area contributed by atoms with Gasteiger partial charge in [0.05, 0.1) is 7.11 Å². The largest absolute Gasteiger partial charge is 0.508 e. The standard InChI is InChI=1S/C16H18O4/c1-19-14-6-2-12(3-7-14)16(10-11-17)20-15-8-4-13(18)5-9-15/h2-9,16-18H,10-11H2,1H3. The Morgan fingerprint density at radius 1 is 0.950 bits per heavy atom. The number of hydrogen-bond acceptors (Lipinski definition) is 4. The minimum absolute atomic E-state index is 0.0365. The maximum Gasteiger partial charge on any atom is 0.126 e. The molecule has 0 aliphatic heterocycles. The number of hydrogen-bond donors (Lipinski definition) is 2. The van der Waals surface area contributed by atoms with Gasteiger partial charge in [0, 0.05) is 13.0 Å². The highest BCUT2D eigenvalue weighted by Crippen LogP contribution is 2.27. The number of benzene rings is 2. The molecule has 4 heteroatoms. The lowest BCUT2D eigenvalue weighted by Crippen LogP contribution is -2.09. The van der Waals surface area contributed by atoms with E-state index < -0.39 is 0 Å². The fraction of sp³-hybridized carbons (Fsp3) is 0.250. The number of aliphatic hydroxyl groups excluding tert-OH is 1. The van der Waals surface area contributed by atoms with Gasteiger partial charge in [-0.2, -0.15) is 0 Å². The lowest BCUT2D eigenvalue weighted by atomic mass is 10.1. The summed E-state index contributed by atoms with van der Waals surface area (Å²) in [5.41, 5.74) is 0.966. The molecule has 0 fully saturated rings. The molecule has 2 rings (SSSR count). The monoisotopic (exact) mass is 274 g/mol. The predicted octanol–water partition coefficient (Wildman–Crippen LogP) is 2.90. The summed E-state index contributed by atoms with van der Waals surface area (Å²) in [7, 11) is 1.62. The topological polar surface area (TPSA) is 58.9 Å². The van der Waals surface area contributed by atoms with E-state index in [-0.39, 0.29) is 18.5 Å². The fourth-order valence-corrected chi connectivity index (χ4v) is 1.92. The lowest BCUT2D eigenvalue weighted by Gasteiger charge is -2.19. The van der Waals surface area contributed by atoms with Crippen molar-refractivity contribution < 1.29 is 19.7 Å². The van der Waals surface area contributed by atoms with Crippen molar-refractivity contribution in [3.05, 3.63) is 54.1 Å². The first kappa shape index (κ1) is 14.2. The van der Waals surface area contributed by atoms with Gasteiger partial charge in [-0.25, -0.2) is 0 Å². The zero-order valence-corrected chi connectivity index (χ0v) is 11.3. The quantitative estimate of drug-likeness (QED) is 0.850. The number of methoxy groups -OCH3 is 1. The van der Waals surface area contributed by atoms with Gasteiger partial charge in [0.25, 0.3) is 0 Å². The highest BCUT2D eigenvalue weighted by Gasteiger charge is 2.13. The van der Waals surface area contributed by atoms with Crippen LogP contribution in [0.25, 0.3) is 0 Å². The summed E-state index contributed by atoms with van der Waals surface area (Å²) < 4.78 is 11.0. The van der Waals surface area contributed by atoms with Gasteiger partial charge in [-0.1, -0.05) is 12.1 Å².